The summed E-state index contributed by atoms with van der Waals surface area (Å²) in [6, 6.07) is 5.13. The lowest BCUT2D eigenvalue weighted by atomic mass is 10.2. The Morgan fingerprint density at radius 3 is 2.19 bits per heavy atom. The van der Waals surface area contributed by atoms with E-state index in [1.54, 1.807) is 6.92 Å². The summed E-state index contributed by atoms with van der Waals surface area (Å²) in [7, 11) is -4.21. The van der Waals surface area contributed by atoms with E-state index in [0.717, 1.165) is 0 Å². The average molecular weight is 340 g/mol. The van der Waals surface area contributed by atoms with Crippen LogP contribution in [0.3, 0.4) is 0 Å². The van der Waals surface area contributed by atoms with Crippen LogP contribution >= 0.6 is 12.2 Å². The molecule has 9 heteroatoms. The van der Waals surface area contributed by atoms with Gasteiger partial charge in [-0.2, -0.15) is 17.5 Å². The molecule has 0 amide bonds. The van der Waals surface area contributed by atoms with Crippen LogP contribution in [0.15, 0.2) is 29.2 Å². The highest BCUT2D eigenvalue weighted by atomic mass is 32.2. The molecule has 1 aromatic carbocycles. The molecule has 0 fully saturated rings. The van der Waals surface area contributed by atoms with Crippen LogP contribution in [0.25, 0.3) is 0 Å². The Balaban J connectivity index is 3.13. The summed E-state index contributed by atoms with van der Waals surface area (Å²) in [6.45, 7) is -0.117. The zero-order valence-electron chi connectivity index (χ0n) is 11.2. The third kappa shape index (κ3) is 4.94. The highest BCUT2D eigenvalue weighted by Crippen LogP contribution is 2.23. The predicted octanol–water partition coefficient (Wildman–Crippen LogP) is 2.28. The van der Waals surface area contributed by atoms with E-state index in [1.165, 1.54) is 24.3 Å². The first kappa shape index (κ1) is 17.9. The summed E-state index contributed by atoms with van der Waals surface area (Å²) in [4.78, 5) is -0.139. The van der Waals surface area contributed by atoms with Gasteiger partial charge in [-0.3, -0.25) is 0 Å². The maximum Gasteiger partial charge on any atom is 0.402 e. The van der Waals surface area contributed by atoms with Crippen LogP contribution in [0.4, 0.5) is 13.2 Å². The number of halogens is 3. The number of alkyl halides is 3. The van der Waals surface area contributed by atoms with Crippen LogP contribution in [-0.4, -0.2) is 37.0 Å². The Bertz CT molecular complexity index is 598. The molecule has 0 aliphatic rings. The van der Waals surface area contributed by atoms with Crippen molar-refractivity contribution in [1.82, 2.24) is 4.31 Å². The van der Waals surface area contributed by atoms with E-state index in [0.29, 0.717) is 9.87 Å². The third-order valence-corrected chi connectivity index (χ3v) is 4.70. The van der Waals surface area contributed by atoms with Crippen LogP contribution in [0.2, 0.25) is 0 Å². The third-order valence-electron chi connectivity index (χ3n) is 2.61. The van der Waals surface area contributed by atoms with Gasteiger partial charge in [-0.25, -0.2) is 8.42 Å². The second-order valence-electron chi connectivity index (χ2n) is 4.34. The number of nitrogens with zero attached hydrogens (tertiary/aromatic N) is 1. The van der Waals surface area contributed by atoms with Gasteiger partial charge in [-0.1, -0.05) is 31.3 Å². The molecule has 0 atom stereocenters. The molecule has 21 heavy (non-hydrogen) atoms. The minimum Gasteiger partial charge on any atom is -0.389 e. The lowest BCUT2D eigenvalue weighted by molar-refractivity contribution is -0.136. The van der Waals surface area contributed by atoms with E-state index in [1.807, 2.05) is 0 Å². The first-order chi connectivity index (χ1) is 9.58. The maximum atomic E-state index is 12.5. The number of sulfonamides is 1. The van der Waals surface area contributed by atoms with Gasteiger partial charge < -0.3 is 5.73 Å². The van der Waals surface area contributed by atoms with Gasteiger partial charge in [0, 0.05) is 12.1 Å². The molecular weight excluding hydrogens is 325 g/mol. The quantitative estimate of drug-likeness (QED) is 0.807. The van der Waals surface area contributed by atoms with Crippen molar-refractivity contribution in [3.63, 3.8) is 0 Å². The Hall–Kier alpha value is -1.19. The van der Waals surface area contributed by atoms with E-state index in [-0.39, 0.29) is 22.8 Å². The van der Waals surface area contributed by atoms with Crippen molar-refractivity contribution in [2.75, 3.05) is 13.1 Å². The molecule has 1 aromatic rings. The summed E-state index contributed by atoms with van der Waals surface area (Å²) >= 11 is 4.73. The van der Waals surface area contributed by atoms with Gasteiger partial charge >= 0.3 is 6.18 Å². The van der Waals surface area contributed by atoms with Crippen molar-refractivity contribution in [3.05, 3.63) is 29.8 Å². The zero-order chi connectivity index (χ0) is 16.3. The summed E-state index contributed by atoms with van der Waals surface area (Å²) in [5.74, 6) is 0. The standard InChI is InChI=1S/C12H15F3N2O2S2/c1-2-7-17(8-12(13,14)15)21(18,19)10-5-3-9(4-6-10)11(16)20/h3-6H,2,7-8H2,1H3,(H2,16,20). The summed E-state index contributed by atoms with van der Waals surface area (Å²) in [6.07, 6.45) is -4.32. The number of thiocarbonyl (C=S) groups is 1. The number of hydrogen-bond acceptors (Lipinski definition) is 3. The second kappa shape index (κ2) is 6.71. The summed E-state index contributed by atoms with van der Waals surface area (Å²) < 4.78 is 62.4. The number of hydrogen-bond donors (Lipinski definition) is 1. The van der Waals surface area contributed by atoms with E-state index in [4.69, 9.17) is 18.0 Å². The molecule has 0 heterocycles. The van der Waals surface area contributed by atoms with E-state index >= 15 is 0 Å². The molecule has 0 aliphatic carbocycles. The van der Waals surface area contributed by atoms with Gasteiger partial charge in [-0.05, 0) is 18.6 Å². The topological polar surface area (TPSA) is 63.4 Å². The van der Waals surface area contributed by atoms with Crippen LogP contribution in [0.5, 0.6) is 0 Å². The Labute approximate surface area is 126 Å². The first-order valence-electron chi connectivity index (χ1n) is 6.04. The fourth-order valence-electron chi connectivity index (χ4n) is 1.67. The molecule has 118 valence electrons. The average Bonchev–Trinajstić information content (AvgIpc) is 2.36. The minimum atomic E-state index is -4.60. The van der Waals surface area contributed by atoms with Crippen LogP contribution in [0, 0.1) is 0 Å². The Kier molecular flexibility index (Phi) is 5.71. The predicted molar refractivity (Wildman–Crippen MR) is 77.4 cm³/mol. The number of benzene rings is 1. The SMILES string of the molecule is CCCN(CC(F)(F)F)S(=O)(=O)c1ccc(C(N)=S)cc1. The van der Waals surface area contributed by atoms with Gasteiger partial charge in [0.2, 0.25) is 10.0 Å². The van der Waals surface area contributed by atoms with E-state index in [9.17, 15) is 21.6 Å². The molecule has 0 saturated heterocycles. The fraction of sp³-hybridized carbons (Fsp3) is 0.417. The van der Waals surface area contributed by atoms with Crippen molar-refractivity contribution in [3.8, 4) is 0 Å². The first-order valence-corrected chi connectivity index (χ1v) is 7.89. The van der Waals surface area contributed by atoms with Gasteiger partial charge in [-0.15, -0.1) is 0 Å². The molecule has 1 rings (SSSR count). The maximum absolute atomic E-state index is 12.5. The molecule has 0 aliphatic heterocycles. The van der Waals surface area contributed by atoms with Crippen LogP contribution in [-0.2, 0) is 10.0 Å². The normalized spacial score (nSPS) is 12.6. The zero-order valence-corrected chi connectivity index (χ0v) is 12.9. The second-order valence-corrected chi connectivity index (χ2v) is 6.72. The highest BCUT2D eigenvalue weighted by molar-refractivity contribution is 7.89. The van der Waals surface area contributed by atoms with Crippen molar-refractivity contribution in [2.24, 2.45) is 5.73 Å². The number of nitrogens with two attached hydrogens (primary N) is 1. The molecule has 0 unspecified atom stereocenters. The lowest BCUT2D eigenvalue weighted by Gasteiger charge is -2.23. The van der Waals surface area contributed by atoms with Crippen molar-refractivity contribution in [2.45, 2.75) is 24.4 Å². The van der Waals surface area contributed by atoms with Gasteiger partial charge in [0.05, 0.1) is 4.90 Å². The molecule has 0 saturated carbocycles. The van der Waals surface area contributed by atoms with Crippen molar-refractivity contribution >= 4 is 27.2 Å². The van der Waals surface area contributed by atoms with Gasteiger partial charge in [0.15, 0.2) is 0 Å². The van der Waals surface area contributed by atoms with Crippen molar-refractivity contribution in [1.29, 1.82) is 0 Å². The van der Waals surface area contributed by atoms with E-state index < -0.39 is 22.7 Å². The molecule has 2 N–H and O–H groups in total. The van der Waals surface area contributed by atoms with E-state index in [2.05, 4.69) is 0 Å². The monoisotopic (exact) mass is 340 g/mol. The summed E-state index contributed by atoms with van der Waals surface area (Å²) in [5, 5.41) is 0. The summed E-state index contributed by atoms with van der Waals surface area (Å²) in [5.41, 5.74) is 5.83. The smallest absolute Gasteiger partial charge is 0.389 e. The van der Waals surface area contributed by atoms with Gasteiger partial charge in [0.1, 0.15) is 11.5 Å². The fourth-order valence-corrected chi connectivity index (χ4v) is 3.33. The largest absolute Gasteiger partial charge is 0.402 e. The molecule has 0 spiro atoms. The Morgan fingerprint density at radius 1 is 1.29 bits per heavy atom. The van der Waals surface area contributed by atoms with Crippen LogP contribution < -0.4 is 5.73 Å². The number of rotatable bonds is 6. The molecule has 4 nitrogen and oxygen atoms in total. The van der Waals surface area contributed by atoms with Gasteiger partial charge in [0.25, 0.3) is 0 Å². The minimum absolute atomic E-state index is 0.0830. The molecule has 0 radical (unpaired) electrons. The van der Waals surface area contributed by atoms with Crippen LogP contribution in [0.1, 0.15) is 18.9 Å². The molecule has 0 bridgehead atoms. The highest BCUT2D eigenvalue weighted by Gasteiger charge is 2.36. The molecule has 0 aromatic heterocycles. The lowest BCUT2D eigenvalue weighted by Crippen LogP contribution is -2.39. The molecular formula is C12H15F3N2O2S2. The van der Waals surface area contributed by atoms with Crippen molar-refractivity contribution < 1.29 is 21.6 Å². The Morgan fingerprint density at radius 2 is 1.81 bits per heavy atom.